The predicted octanol–water partition coefficient (Wildman–Crippen LogP) is 3.39. The van der Waals surface area contributed by atoms with Gasteiger partial charge in [0.15, 0.2) is 17.3 Å². The molecule has 0 aliphatic carbocycles. The van der Waals surface area contributed by atoms with E-state index < -0.39 is 0 Å². The largest absolute Gasteiger partial charge is 0.872 e. The van der Waals surface area contributed by atoms with Crippen LogP contribution in [0.1, 0.15) is 61.0 Å². The fraction of sp³-hybridized carbons (Fsp3) is 0.444. The number of fused-ring (bicyclic) bond motifs is 1. The van der Waals surface area contributed by atoms with E-state index in [0.29, 0.717) is 46.2 Å². The Morgan fingerprint density at radius 1 is 0.971 bits per heavy atom. The molecule has 184 valence electrons. The molecule has 0 fully saturated rings. The summed E-state index contributed by atoms with van der Waals surface area (Å²) in [7, 11) is 4.61. The number of ether oxygens (including phenoxy) is 4. The Kier molecular flexibility index (Phi) is 8.82. The van der Waals surface area contributed by atoms with Gasteiger partial charge < -0.3 is 29.0 Å². The fourth-order valence-corrected chi connectivity index (χ4v) is 4.20. The smallest absolute Gasteiger partial charge is 0.231 e. The number of benzene rings is 2. The van der Waals surface area contributed by atoms with Crippen LogP contribution in [0.5, 0.6) is 28.7 Å². The van der Waals surface area contributed by atoms with Gasteiger partial charge in [0.05, 0.1) is 40.0 Å². The summed E-state index contributed by atoms with van der Waals surface area (Å²) in [5.74, 6) is 1.64. The molecule has 0 saturated carbocycles. The third-order valence-corrected chi connectivity index (χ3v) is 6.08. The van der Waals surface area contributed by atoms with Crippen molar-refractivity contribution in [2.75, 3.05) is 34.4 Å². The lowest BCUT2D eigenvalue weighted by Gasteiger charge is -2.23. The maximum Gasteiger partial charge on any atom is 0.231 e. The molecular formula is C27H35NO6. The Balaban J connectivity index is 1.95. The number of quaternary nitrogens is 1. The maximum absolute atomic E-state index is 13.1. The lowest BCUT2D eigenvalue weighted by Crippen LogP contribution is -3.10. The van der Waals surface area contributed by atoms with Crippen LogP contribution in [-0.4, -0.2) is 40.2 Å². The molecule has 2 aromatic carbocycles. The monoisotopic (exact) mass is 469 g/mol. The van der Waals surface area contributed by atoms with Crippen molar-refractivity contribution in [2.45, 2.75) is 46.1 Å². The molecule has 1 N–H and O–H groups in total. The van der Waals surface area contributed by atoms with E-state index in [2.05, 4.69) is 13.8 Å². The molecule has 0 atom stereocenters. The summed E-state index contributed by atoms with van der Waals surface area (Å²) in [6.45, 7) is 6.85. The Hall–Kier alpha value is -3.19. The standard InChI is InChI=1S/C27H35NO6/c1-6-8-12-28(13-9-7-2)17-20-21(29)11-10-19-25(30)22(34-26(19)20)14-18-15-23(31-3)27(33-5)24(16-18)32-4/h10-11,14-16,29H,6-9,12-13,17H2,1-5H3/b22-14-. The number of hydrogen-bond acceptors (Lipinski definition) is 6. The summed E-state index contributed by atoms with van der Waals surface area (Å²) < 4.78 is 22.2. The summed E-state index contributed by atoms with van der Waals surface area (Å²) in [4.78, 5) is 14.5. The highest BCUT2D eigenvalue weighted by atomic mass is 16.5. The van der Waals surface area contributed by atoms with Gasteiger partial charge in [-0.15, -0.1) is 0 Å². The predicted molar refractivity (Wildman–Crippen MR) is 129 cm³/mol. The molecule has 1 heterocycles. The maximum atomic E-state index is 13.1. The molecule has 7 heteroatoms. The number of rotatable bonds is 12. The van der Waals surface area contributed by atoms with E-state index in [1.165, 1.54) is 32.3 Å². The SMILES string of the molecule is CCCC[NH+](CCCC)Cc1c([O-])ccc2c1O/C(=C\c1cc(OC)c(OC)c(OC)c1)C2=O. The molecule has 0 aromatic heterocycles. The van der Waals surface area contributed by atoms with Crippen LogP contribution < -0.4 is 29.0 Å². The molecule has 0 spiro atoms. The second-order valence-corrected chi connectivity index (χ2v) is 8.45. The minimum atomic E-state index is -0.242. The first-order chi connectivity index (χ1) is 16.5. The molecule has 0 saturated heterocycles. The lowest BCUT2D eigenvalue weighted by atomic mass is 10.0. The zero-order chi connectivity index (χ0) is 24.7. The number of Topliss-reactive ketones (excluding diaryl/α,β-unsaturated/α-hetero) is 1. The van der Waals surface area contributed by atoms with Crippen molar-refractivity contribution in [3.05, 3.63) is 46.7 Å². The number of hydrogen-bond donors (Lipinski definition) is 1. The first kappa shape index (κ1) is 25.4. The van der Waals surface area contributed by atoms with E-state index in [9.17, 15) is 9.90 Å². The molecule has 34 heavy (non-hydrogen) atoms. The second kappa shape index (κ2) is 11.8. The van der Waals surface area contributed by atoms with Gasteiger partial charge in [0.1, 0.15) is 12.3 Å². The number of carbonyl (C=O) groups excluding carboxylic acids is 1. The van der Waals surface area contributed by atoms with Crippen LogP contribution in [-0.2, 0) is 6.54 Å². The molecular weight excluding hydrogens is 434 g/mol. The summed E-state index contributed by atoms with van der Waals surface area (Å²) in [6, 6.07) is 6.54. The van der Waals surface area contributed by atoms with Crippen LogP contribution >= 0.6 is 0 Å². The highest BCUT2D eigenvalue weighted by Crippen LogP contribution is 2.41. The van der Waals surface area contributed by atoms with Crippen molar-refractivity contribution in [3.63, 3.8) is 0 Å². The Morgan fingerprint density at radius 3 is 2.12 bits per heavy atom. The molecule has 0 radical (unpaired) electrons. The number of unbranched alkanes of at least 4 members (excludes halogenated alkanes) is 2. The van der Waals surface area contributed by atoms with E-state index in [1.54, 1.807) is 24.3 Å². The van der Waals surface area contributed by atoms with Crippen molar-refractivity contribution < 1.29 is 33.7 Å². The zero-order valence-corrected chi connectivity index (χ0v) is 20.8. The molecule has 7 nitrogen and oxygen atoms in total. The summed E-state index contributed by atoms with van der Waals surface area (Å²) in [5, 5.41) is 12.8. The minimum Gasteiger partial charge on any atom is -0.872 e. The number of allylic oxidation sites excluding steroid dienone is 1. The molecule has 0 amide bonds. The number of nitrogens with one attached hydrogen (secondary N) is 1. The van der Waals surface area contributed by atoms with E-state index in [-0.39, 0.29) is 17.3 Å². The van der Waals surface area contributed by atoms with Crippen molar-refractivity contribution in [1.82, 2.24) is 0 Å². The Labute approximate surface area is 201 Å². The van der Waals surface area contributed by atoms with Crippen molar-refractivity contribution in [1.29, 1.82) is 0 Å². The summed E-state index contributed by atoms with van der Waals surface area (Å²) in [6.07, 6.45) is 6.02. The van der Waals surface area contributed by atoms with Crippen molar-refractivity contribution in [2.24, 2.45) is 0 Å². The van der Waals surface area contributed by atoms with E-state index in [0.717, 1.165) is 38.8 Å². The van der Waals surface area contributed by atoms with E-state index >= 15 is 0 Å². The van der Waals surface area contributed by atoms with Gasteiger partial charge in [0.2, 0.25) is 11.5 Å². The third-order valence-electron chi connectivity index (χ3n) is 6.08. The zero-order valence-electron chi connectivity index (χ0n) is 20.8. The molecule has 1 aliphatic rings. The van der Waals surface area contributed by atoms with Crippen molar-refractivity contribution in [3.8, 4) is 28.7 Å². The molecule has 0 unspecified atom stereocenters. The minimum absolute atomic E-state index is 0.0916. The van der Waals surface area contributed by atoms with Crippen LogP contribution in [0.3, 0.4) is 0 Å². The topological polar surface area (TPSA) is 81.5 Å². The Morgan fingerprint density at radius 2 is 1.59 bits per heavy atom. The normalized spacial score (nSPS) is 13.8. The summed E-state index contributed by atoms with van der Waals surface area (Å²) in [5.41, 5.74) is 1.66. The van der Waals surface area contributed by atoms with Crippen LogP contribution in [0.4, 0.5) is 0 Å². The van der Waals surface area contributed by atoms with Crippen LogP contribution in [0.25, 0.3) is 6.08 Å². The van der Waals surface area contributed by atoms with E-state index in [1.807, 2.05) is 0 Å². The number of carbonyl (C=O) groups is 1. The number of methoxy groups -OCH3 is 3. The van der Waals surface area contributed by atoms with Gasteiger partial charge in [-0.1, -0.05) is 38.5 Å². The van der Waals surface area contributed by atoms with Gasteiger partial charge in [-0.25, -0.2) is 0 Å². The van der Waals surface area contributed by atoms with Gasteiger partial charge in [-0.2, -0.15) is 0 Å². The second-order valence-electron chi connectivity index (χ2n) is 8.45. The highest BCUT2D eigenvalue weighted by molar-refractivity contribution is 6.15. The quantitative estimate of drug-likeness (QED) is 0.480. The highest BCUT2D eigenvalue weighted by Gasteiger charge is 2.31. The molecule has 3 rings (SSSR count). The summed E-state index contributed by atoms with van der Waals surface area (Å²) >= 11 is 0. The molecule has 2 aromatic rings. The van der Waals surface area contributed by atoms with Crippen LogP contribution in [0, 0.1) is 0 Å². The van der Waals surface area contributed by atoms with Gasteiger partial charge >= 0.3 is 0 Å². The lowest BCUT2D eigenvalue weighted by molar-refractivity contribution is -0.914. The average molecular weight is 470 g/mol. The van der Waals surface area contributed by atoms with Crippen LogP contribution in [0.2, 0.25) is 0 Å². The van der Waals surface area contributed by atoms with Crippen LogP contribution in [0.15, 0.2) is 30.0 Å². The average Bonchev–Trinajstić information content (AvgIpc) is 3.16. The molecule has 0 bridgehead atoms. The van der Waals surface area contributed by atoms with Crippen molar-refractivity contribution >= 4 is 11.9 Å². The van der Waals surface area contributed by atoms with Gasteiger partial charge in [0, 0.05) is 5.56 Å². The first-order valence-corrected chi connectivity index (χ1v) is 11.9. The first-order valence-electron chi connectivity index (χ1n) is 11.9. The van der Waals surface area contributed by atoms with Gasteiger partial charge in [-0.3, -0.25) is 4.79 Å². The number of ketones is 1. The Bertz CT molecular complexity index is 1010. The fourth-order valence-electron chi connectivity index (χ4n) is 4.20. The molecule has 1 aliphatic heterocycles. The van der Waals surface area contributed by atoms with E-state index in [4.69, 9.17) is 18.9 Å². The van der Waals surface area contributed by atoms with Gasteiger partial charge in [0.25, 0.3) is 0 Å². The van der Waals surface area contributed by atoms with Gasteiger partial charge in [-0.05, 0) is 42.7 Å². The third kappa shape index (κ3) is 5.47.